The summed E-state index contributed by atoms with van der Waals surface area (Å²) in [4.78, 5) is 38.2. The lowest BCUT2D eigenvalue weighted by atomic mass is 9.96. The van der Waals surface area contributed by atoms with Gasteiger partial charge in [0.05, 0.1) is 11.0 Å². The summed E-state index contributed by atoms with van der Waals surface area (Å²) in [6.07, 6.45) is 4.04. The Bertz CT molecular complexity index is 1210. The van der Waals surface area contributed by atoms with Crippen LogP contribution in [0.2, 0.25) is 0 Å². The first kappa shape index (κ1) is 16.7. The third kappa shape index (κ3) is 2.69. The van der Waals surface area contributed by atoms with Crippen molar-refractivity contribution >= 4 is 38.9 Å². The van der Waals surface area contributed by atoms with Crippen molar-refractivity contribution in [2.24, 2.45) is 0 Å². The standard InChI is InChI=1S/C18H14N4O5/c23-9-10-5-19-17-12(10)1-2-14-13(17)3-4-15-16(6-20-18(14)15)11(7-21(24)25)8-22(26)27/h1-6,9,11,19-20H,7-8H2. The Morgan fingerprint density at radius 2 is 1.37 bits per heavy atom. The molecule has 0 saturated carbocycles. The van der Waals surface area contributed by atoms with Crippen molar-refractivity contribution in [2.45, 2.75) is 5.92 Å². The first-order chi connectivity index (χ1) is 13.0. The Kier molecular flexibility index (Phi) is 3.84. The molecule has 4 rings (SSSR count). The highest BCUT2D eigenvalue weighted by Gasteiger charge is 2.26. The lowest BCUT2D eigenvalue weighted by molar-refractivity contribution is -0.516. The summed E-state index contributed by atoms with van der Waals surface area (Å²) in [5.74, 6) is -0.822. The van der Waals surface area contributed by atoms with Crippen LogP contribution >= 0.6 is 0 Å². The van der Waals surface area contributed by atoms with Gasteiger partial charge in [0.1, 0.15) is 5.92 Å². The molecule has 27 heavy (non-hydrogen) atoms. The van der Waals surface area contributed by atoms with Crippen molar-refractivity contribution in [2.75, 3.05) is 13.1 Å². The molecular weight excluding hydrogens is 352 g/mol. The van der Waals surface area contributed by atoms with E-state index in [9.17, 15) is 25.0 Å². The molecule has 2 aromatic heterocycles. The number of carbonyl (C=O) groups excluding carboxylic acids is 1. The Hall–Kier alpha value is -3.75. The predicted octanol–water partition coefficient (Wildman–Crippen LogP) is 3.25. The number of nitro groups is 2. The van der Waals surface area contributed by atoms with Gasteiger partial charge >= 0.3 is 0 Å². The number of hydrogen-bond acceptors (Lipinski definition) is 5. The third-order valence-corrected chi connectivity index (χ3v) is 4.87. The van der Waals surface area contributed by atoms with Gasteiger partial charge in [0.25, 0.3) is 0 Å². The number of fused-ring (bicyclic) bond motifs is 5. The maximum absolute atomic E-state index is 11.1. The van der Waals surface area contributed by atoms with Gasteiger partial charge in [0.2, 0.25) is 13.1 Å². The normalized spacial score (nSPS) is 11.6. The van der Waals surface area contributed by atoms with Crippen LogP contribution in [0.4, 0.5) is 0 Å². The minimum atomic E-state index is -0.822. The second-order valence-corrected chi connectivity index (χ2v) is 6.40. The number of hydrogen-bond donors (Lipinski definition) is 2. The molecule has 0 amide bonds. The zero-order chi connectivity index (χ0) is 19.1. The minimum Gasteiger partial charge on any atom is -0.360 e. The molecule has 0 aliphatic rings. The van der Waals surface area contributed by atoms with Gasteiger partial charge in [-0.15, -0.1) is 0 Å². The molecule has 0 radical (unpaired) electrons. The van der Waals surface area contributed by atoms with Crippen LogP contribution in [0.25, 0.3) is 32.6 Å². The van der Waals surface area contributed by atoms with E-state index in [2.05, 4.69) is 9.97 Å². The van der Waals surface area contributed by atoms with Gasteiger partial charge in [-0.1, -0.05) is 24.3 Å². The van der Waals surface area contributed by atoms with Crippen LogP contribution in [0.3, 0.4) is 0 Å². The molecule has 136 valence electrons. The van der Waals surface area contributed by atoms with Gasteiger partial charge in [-0.2, -0.15) is 0 Å². The SMILES string of the molecule is O=Cc1c[nH]c2c1ccc1c2ccc2c(C(C[N+](=O)[O-])C[N+](=O)[O-])c[nH]c21. The molecule has 2 N–H and O–H groups in total. The lowest BCUT2D eigenvalue weighted by Crippen LogP contribution is -2.20. The van der Waals surface area contributed by atoms with E-state index in [-0.39, 0.29) is 0 Å². The van der Waals surface area contributed by atoms with Gasteiger partial charge < -0.3 is 9.97 Å². The molecule has 2 heterocycles. The van der Waals surface area contributed by atoms with Gasteiger partial charge in [-0.25, -0.2) is 0 Å². The van der Waals surface area contributed by atoms with Gasteiger partial charge in [0.15, 0.2) is 6.29 Å². The summed E-state index contributed by atoms with van der Waals surface area (Å²) in [5, 5.41) is 25.2. The summed E-state index contributed by atoms with van der Waals surface area (Å²) in [5.41, 5.74) is 2.69. The van der Waals surface area contributed by atoms with E-state index < -0.39 is 28.9 Å². The highest BCUT2D eigenvalue weighted by atomic mass is 16.6. The highest BCUT2D eigenvalue weighted by molar-refractivity contribution is 6.17. The van der Waals surface area contributed by atoms with E-state index in [0.29, 0.717) is 11.1 Å². The van der Waals surface area contributed by atoms with Crippen LogP contribution in [0.1, 0.15) is 21.8 Å². The monoisotopic (exact) mass is 366 g/mol. The summed E-state index contributed by atoms with van der Waals surface area (Å²) in [6, 6.07) is 7.37. The van der Waals surface area contributed by atoms with E-state index in [1.165, 1.54) is 0 Å². The van der Waals surface area contributed by atoms with E-state index in [1.54, 1.807) is 18.5 Å². The van der Waals surface area contributed by atoms with Crippen molar-refractivity contribution in [1.82, 2.24) is 9.97 Å². The summed E-state index contributed by atoms with van der Waals surface area (Å²) in [7, 11) is 0. The first-order valence-corrected chi connectivity index (χ1v) is 8.22. The van der Waals surface area contributed by atoms with Crippen molar-refractivity contribution in [3.05, 3.63) is 68.0 Å². The van der Waals surface area contributed by atoms with Crippen LogP contribution in [0.15, 0.2) is 36.7 Å². The molecule has 4 aromatic rings. The number of nitrogens with one attached hydrogen (secondary N) is 2. The van der Waals surface area contributed by atoms with E-state index in [0.717, 1.165) is 38.9 Å². The third-order valence-electron chi connectivity index (χ3n) is 4.87. The van der Waals surface area contributed by atoms with E-state index in [4.69, 9.17) is 0 Å². The first-order valence-electron chi connectivity index (χ1n) is 8.22. The average Bonchev–Trinajstić information content (AvgIpc) is 3.23. The number of rotatable bonds is 6. The zero-order valence-corrected chi connectivity index (χ0v) is 14.0. The number of H-pyrrole nitrogens is 2. The van der Waals surface area contributed by atoms with Crippen LogP contribution < -0.4 is 0 Å². The van der Waals surface area contributed by atoms with Crippen molar-refractivity contribution in [3.63, 3.8) is 0 Å². The molecule has 0 spiro atoms. The largest absolute Gasteiger partial charge is 0.360 e. The smallest absolute Gasteiger partial charge is 0.217 e. The molecule has 0 unspecified atom stereocenters. The molecule has 0 bridgehead atoms. The van der Waals surface area contributed by atoms with Crippen LogP contribution in [-0.4, -0.2) is 39.2 Å². The molecule has 0 aliphatic heterocycles. The van der Waals surface area contributed by atoms with E-state index >= 15 is 0 Å². The summed E-state index contributed by atoms with van der Waals surface area (Å²) < 4.78 is 0. The fourth-order valence-electron chi connectivity index (χ4n) is 3.70. The Balaban J connectivity index is 1.92. The number of nitrogens with zero attached hydrogens (tertiary/aromatic N) is 2. The highest BCUT2D eigenvalue weighted by Crippen LogP contribution is 2.34. The molecule has 0 saturated heterocycles. The average molecular weight is 366 g/mol. The molecule has 0 fully saturated rings. The van der Waals surface area contributed by atoms with Crippen LogP contribution in [0, 0.1) is 20.2 Å². The maximum Gasteiger partial charge on any atom is 0.217 e. The lowest BCUT2D eigenvalue weighted by Gasteiger charge is -2.08. The Morgan fingerprint density at radius 1 is 0.852 bits per heavy atom. The zero-order valence-electron chi connectivity index (χ0n) is 14.0. The molecule has 0 aliphatic carbocycles. The summed E-state index contributed by atoms with van der Waals surface area (Å²) >= 11 is 0. The Morgan fingerprint density at radius 3 is 1.96 bits per heavy atom. The van der Waals surface area contributed by atoms with Crippen molar-refractivity contribution < 1.29 is 14.6 Å². The quantitative estimate of drug-likeness (QED) is 0.307. The molecule has 2 aromatic carbocycles. The fourth-order valence-corrected chi connectivity index (χ4v) is 3.70. The summed E-state index contributed by atoms with van der Waals surface area (Å²) in [6.45, 7) is -1.02. The van der Waals surface area contributed by atoms with Crippen molar-refractivity contribution in [3.8, 4) is 0 Å². The van der Waals surface area contributed by atoms with Crippen molar-refractivity contribution in [1.29, 1.82) is 0 Å². The maximum atomic E-state index is 11.1. The number of carbonyl (C=O) groups is 1. The van der Waals surface area contributed by atoms with Crippen LogP contribution in [-0.2, 0) is 0 Å². The molecule has 9 heteroatoms. The molecule has 9 nitrogen and oxygen atoms in total. The van der Waals surface area contributed by atoms with Gasteiger partial charge in [-0.05, 0) is 5.56 Å². The number of aromatic amines is 2. The van der Waals surface area contributed by atoms with E-state index in [1.807, 2.05) is 18.2 Å². The second-order valence-electron chi connectivity index (χ2n) is 6.40. The topological polar surface area (TPSA) is 135 Å². The number of aldehydes is 1. The Labute approximate surface area is 151 Å². The van der Waals surface area contributed by atoms with Gasteiger partial charge in [0, 0.05) is 49.3 Å². The second kappa shape index (κ2) is 6.20. The molecule has 0 atom stereocenters. The fraction of sp³-hybridized carbons (Fsp3) is 0.167. The number of benzene rings is 2. The van der Waals surface area contributed by atoms with Crippen LogP contribution in [0.5, 0.6) is 0 Å². The molecular formula is C18H14N4O5. The number of aromatic nitrogens is 2. The minimum absolute atomic E-state index is 0.510. The predicted molar refractivity (Wildman–Crippen MR) is 99.5 cm³/mol. The van der Waals surface area contributed by atoms with Gasteiger partial charge in [-0.3, -0.25) is 25.0 Å².